The van der Waals surface area contributed by atoms with Crippen molar-refractivity contribution in [2.24, 2.45) is 4.99 Å². The summed E-state index contributed by atoms with van der Waals surface area (Å²) in [5, 5.41) is 0. The molecular formula is C9H20N2O. The Bertz CT molecular complexity index is 122. The monoisotopic (exact) mass is 172 g/mol. The van der Waals surface area contributed by atoms with Crippen molar-refractivity contribution in [2.75, 3.05) is 13.7 Å². The summed E-state index contributed by atoms with van der Waals surface area (Å²) in [7, 11) is 1.54. The van der Waals surface area contributed by atoms with Crippen LogP contribution in [0.3, 0.4) is 0 Å². The van der Waals surface area contributed by atoms with Crippen LogP contribution in [-0.4, -0.2) is 20.0 Å². The number of hydrogen-bond donors (Lipinski definition) is 1. The summed E-state index contributed by atoms with van der Waals surface area (Å²) in [4.78, 5) is 8.50. The molecule has 0 heterocycles. The predicted octanol–water partition coefficient (Wildman–Crippen LogP) is 2.16. The first kappa shape index (κ1) is 13.7. The third-order valence-corrected chi connectivity index (χ3v) is 1.08. The second-order valence-electron chi connectivity index (χ2n) is 1.90. The molecule has 0 rings (SSSR count). The van der Waals surface area contributed by atoms with Crippen molar-refractivity contribution in [1.29, 1.82) is 0 Å². The van der Waals surface area contributed by atoms with Gasteiger partial charge in [-0.05, 0) is 6.42 Å². The van der Waals surface area contributed by atoms with E-state index in [2.05, 4.69) is 28.8 Å². The second-order valence-corrected chi connectivity index (χ2v) is 1.90. The van der Waals surface area contributed by atoms with Gasteiger partial charge in [0.15, 0.2) is 0 Å². The average molecular weight is 172 g/mol. The van der Waals surface area contributed by atoms with Gasteiger partial charge < -0.3 is 0 Å². The third kappa shape index (κ3) is 11.9. The summed E-state index contributed by atoms with van der Waals surface area (Å²) in [5.74, 6) is 0. The summed E-state index contributed by atoms with van der Waals surface area (Å²) in [6.45, 7) is 10.5. The van der Waals surface area contributed by atoms with Crippen LogP contribution in [0.1, 0.15) is 27.2 Å². The summed E-state index contributed by atoms with van der Waals surface area (Å²) in [5.41, 5.74) is 3.61. The molecule has 72 valence electrons. The maximum absolute atomic E-state index is 4.53. The molecule has 0 bridgehead atoms. The number of rotatable bonds is 5. The number of hydrogen-bond acceptors (Lipinski definition) is 2. The summed E-state index contributed by atoms with van der Waals surface area (Å²) >= 11 is 0. The van der Waals surface area contributed by atoms with E-state index in [0.717, 1.165) is 12.0 Å². The zero-order chi connectivity index (χ0) is 9.82. The lowest BCUT2D eigenvalue weighted by molar-refractivity contribution is 0.148. The lowest BCUT2D eigenvalue weighted by atomic mass is 10.2. The van der Waals surface area contributed by atoms with Crippen LogP contribution in [0.25, 0.3) is 0 Å². The van der Waals surface area contributed by atoms with Crippen LogP contribution >= 0.6 is 0 Å². The molecule has 0 unspecified atom stereocenters. The Labute approximate surface area is 75.5 Å². The van der Waals surface area contributed by atoms with Gasteiger partial charge >= 0.3 is 0 Å². The minimum Gasteiger partial charge on any atom is -0.279 e. The standard InChI is InChI=1S/C7H14N2O.C2H6/c1-4-7(2)5-8-6-9-10-3;1-2/h6H,2,4-5H2,1,3H3,(H,8,9);1-2H3. The van der Waals surface area contributed by atoms with Gasteiger partial charge in [-0.2, -0.15) is 0 Å². The van der Waals surface area contributed by atoms with Crippen LogP contribution in [0.5, 0.6) is 0 Å². The van der Waals surface area contributed by atoms with Gasteiger partial charge in [-0.25, -0.2) is 0 Å². The topological polar surface area (TPSA) is 33.6 Å². The Morgan fingerprint density at radius 3 is 2.58 bits per heavy atom. The number of aliphatic imine (C=N–C) groups is 1. The van der Waals surface area contributed by atoms with Crippen molar-refractivity contribution in [3.63, 3.8) is 0 Å². The van der Waals surface area contributed by atoms with Gasteiger partial charge in [-0.15, -0.1) is 0 Å². The van der Waals surface area contributed by atoms with E-state index in [4.69, 9.17) is 0 Å². The van der Waals surface area contributed by atoms with Crippen LogP contribution in [0.2, 0.25) is 0 Å². The Kier molecular flexibility index (Phi) is 14.7. The summed E-state index contributed by atoms with van der Waals surface area (Å²) in [6, 6.07) is 0. The average Bonchev–Trinajstić information content (AvgIpc) is 2.15. The summed E-state index contributed by atoms with van der Waals surface area (Å²) < 4.78 is 0. The predicted molar refractivity (Wildman–Crippen MR) is 54.3 cm³/mol. The highest BCUT2D eigenvalue weighted by Crippen LogP contribution is 1.94. The van der Waals surface area contributed by atoms with E-state index in [1.165, 1.54) is 6.34 Å². The first-order chi connectivity index (χ1) is 5.81. The Morgan fingerprint density at radius 2 is 2.17 bits per heavy atom. The second kappa shape index (κ2) is 12.8. The molecule has 0 saturated heterocycles. The van der Waals surface area contributed by atoms with Gasteiger partial charge in [-0.1, -0.05) is 32.9 Å². The van der Waals surface area contributed by atoms with E-state index in [-0.39, 0.29) is 0 Å². The SMILES string of the molecule is C=C(CC)CN=CNOC.CC. The molecule has 0 aromatic carbocycles. The number of hydroxylamine groups is 1. The van der Waals surface area contributed by atoms with Gasteiger partial charge in [0, 0.05) is 0 Å². The van der Waals surface area contributed by atoms with Crippen LogP contribution in [0.15, 0.2) is 17.1 Å². The highest BCUT2D eigenvalue weighted by atomic mass is 16.6. The summed E-state index contributed by atoms with van der Waals surface area (Å²) in [6.07, 6.45) is 2.49. The fourth-order valence-electron chi connectivity index (χ4n) is 0.377. The molecule has 0 aromatic heterocycles. The van der Waals surface area contributed by atoms with E-state index >= 15 is 0 Å². The molecule has 1 N–H and O–H groups in total. The highest BCUT2D eigenvalue weighted by Gasteiger charge is 1.83. The lowest BCUT2D eigenvalue weighted by Crippen LogP contribution is -2.08. The molecule has 0 atom stereocenters. The zero-order valence-corrected chi connectivity index (χ0v) is 8.55. The van der Waals surface area contributed by atoms with Gasteiger partial charge in [0.2, 0.25) is 0 Å². The smallest absolute Gasteiger partial charge is 0.107 e. The van der Waals surface area contributed by atoms with E-state index < -0.39 is 0 Å². The zero-order valence-electron chi connectivity index (χ0n) is 8.55. The Balaban J connectivity index is 0. The van der Waals surface area contributed by atoms with Crippen molar-refractivity contribution < 1.29 is 4.84 Å². The lowest BCUT2D eigenvalue weighted by Gasteiger charge is -1.95. The Morgan fingerprint density at radius 1 is 1.58 bits per heavy atom. The van der Waals surface area contributed by atoms with Gasteiger partial charge in [-0.3, -0.25) is 15.3 Å². The van der Waals surface area contributed by atoms with E-state index in [9.17, 15) is 0 Å². The molecule has 0 aliphatic rings. The molecule has 0 aromatic rings. The molecule has 0 saturated carbocycles. The highest BCUT2D eigenvalue weighted by molar-refractivity contribution is 5.52. The van der Waals surface area contributed by atoms with Crippen molar-refractivity contribution >= 4 is 6.34 Å². The van der Waals surface area contributed by atoms with Crippen molar-refractivity contribution in [3.8, 4) is 0 Å². The maximum Gasteiger partial charge on any atom is 0.107 e. The van der Waals surface area contributed by atoms with Gasteiger partial charge in [0.05, 0.1) is 13.7 Å². The molecule has 0 amide bonds. The molecule has 3 heteroatoms. The van der Waals surface area contributed by atoms with E-state index in [1.54, 1.807) is 7.11 Å². The fraction of sp³-hybridized carbons (Fsp3) is 0.667. The normalized spacial score (nSPS) is 9.00. The molecule has 0 fully saturated rings. The van der Waals surface area contributed by atoms with E-state index in [0.29, 0.717) is 6.54 Å². The molecule has 3 nitrogen and oxygen atoms in total. The molecule has 0 aliphatic carbocycles. The van der Waals surface area contributed by atoms with Crippen molar-refractivity contribution in [1.82, 2.24) is 5.48 Å². The number of nitrogens with zero attached hydrogens (tertiary/aromatic N) is 1. The van der Waals surface area contributed by atoms with E-state index in [1.807, 2.05) is 13.8 Å². The largest absolute Gasteiger partial charge is 0.279 e. The van der Waals surface area contributed by atoms with Gasteiger partial charge in [0.1, 0.15) is 6.34 Å². The van der Waals surface area contributed by atoms with Crippen LogP contribution < -0.4 is 5.48 Å². The molecular weight excluding hydrogens is 152 g/mol. The van der Waals surface area contributed by atoms with Crippen LogP contribution in [-0.2, 0) is 4.84 Å². The molecule has 12 heavy (non-hydrogen) atoms. The minimum atomic E-state index is 0.673. The fourth-order valence-corrected chi connectivity index (χ4v) is 0.377. The minimum absolute atomic E-state index is 0.673. The maximum atomic E-state index is 4.53. The van der Waals surface area contributed by atoms with Crippen molar-refractivity contribution in [3.05, 3.63) is 12.2 Å². The molecule has 0 aliphatic heterocycles. The van der Waals surface area contributed by atoms with Crippen LogP contribution in [0.4, 0.5) is 0 Å². The van der Waals surface area contributed by atoms with Crippen molar-refractivity contribution in [2.45, 2.75) is 27.2 Å². The van der Waals surface area contributed by atoms with Gasteiger partial charge in [0.25, 0.3) is 0 Å². The third-order valence-electron chi connectivity index (χ3n) is 1.08. The quantitative estimate of drug-likeness (QED) is 0.298. The first-order valence-corrected chi connectivity index (χ1v) is 4.24. The Hall–Kier alpha value is -0.830. The molecule has 0 spiro atoms. The first-order valence-electron chi connectivity index (χ1n) is 4.24. The number of nitrogens with one attached hydrogen (secondary N) is 1. The van der Waals surface area contributed by atoms with Crippen LogP contribution in [0, 0.1) is 0 Å². The molecule has 0 radical (unpaired) electrons.